The molecule has 8 nitrogen and oxygen atoms in total. The molecule has 1 unspecified atom stereocenters. The monoisotopic (exact) mass is 559 g/mol. The molecule has 1 fully saturated rings. The summed E-state index contributed by atoms with van der Waals surface area (Å²) in [5.41, 5.74) is 2.32. The molecule has 2 aromatic carbocycles. The van der Waals surface area contributed by atoms with Crippen molar-refractivity contribution in [3.8, 4) is 0 Å². The molecule has 2 aromatic rings. The van der Waals surface area contributed by atoms with Crippen LogP contribution in [-0.4, -0.2) is 63.9 Å². The van der Waals surface area contributed by atoms with E-state index in [1.54, 1.807) is 0 Å². The Kier molecular flexibility index (Phi) is 14.9. The molecule has 0 saturated carbocycles. The number of hydrogen-bond acceptors (Lipinski definition) is 5. The van der Waals surface area contributed by atoms with Crippen LogP contribution < -0.4 is 0 Å². The van der Waals surface area contributed by atoms with Crippen LogP contribution in [0.3, 0.4) is 0 Å². The minimum atomic E-state index is -1.26. The molecule has 0 aliphatic carbocycles. The third-order valence-electron chi connectivity index (χ3n) is 6.37. The summed E-state index contributed by atoms with van der Waals surface area (Å²) in [6.45, 7) is 3.28. The van der Waals surface area contributed by atoms with Gasteiger partial charge in [-0.1, -0.05) is 73.3 Å². The molecule has 0 spiro atoms. The second-order valence-corrected chi connectivity index (χ2v) is 9.88. The maximum atomic E-state index is 10.5. The molecule has 1 atom stereocenters. The summed E-state index contributed by atoms with van der Waals surface area (Å²) in [5, 5.41) is 25.0. The zero-order valence-electron chi connectivity index (χ0n) is 22.1. The second-order valence-electron chi connectivity index (χ2n) is 9.44. The number of nitrogens with zero attached hydrogens (tertiary/aromatic N) is 1. The Morgan fingerprint density at radius 2 is 1.36 bits per heavy atom. The van der Waals surface area contributed by atoms with Crippen LogP contribution in [0.2, 0.25) is 5.02 Å². The lowest BCUT2D eigenvalue weighted by atomic mass is 10.00. The molecule has 0 aromatic heterocycles. The van der Waals surface area contributed by atoms with E-state index in [0.717, 1.165) is 62.3 Å². The molecular formula is C30H38ClNO7. The fraction of sp³-hybridized carbons (Fsp3) is 0.433. The predicted molar refractivity (Wildman–Crippen MR) is 150 cm³/mol. The van der Waals surface area contributed by atoms with E-state index >= 15 is 0 Å². The molecule has 0 radical (unpaired) electrons. The number of ether oxygens (including phenoxy) is 1. The number of halogens is 1. The van der Waals surface area contributed by atoms with Gasteiger partial charge < -0.3 is 25.0 Å². The van der Waals surface area contributed by atoms with E-state index in [2.05, 4.69) is 41.3 Å². The molecule has 212 valence electrons. The van der Waals surface area contributed by atoms with Crippen LogP contribution in [0.15, 0.2) is 66.7 Å². The lowest BCUT2D eigenvalue weighted by Crippen LogP contribution is -2.38. The first kappa shape index (κ1) is 32.0. The number of rotatable bonds is 14. The molecule has 3 N–H and O–H groups in total. The van der Waals surface area contributed by atoms with Crippen LogP contribution >= 0.6 is 11.6 Å². The third kappa shape index (κ3) is 14.0. The Morgan fingerprint density at radius 3 is 1.92 bits per heavy atom. The van der Waals surface area contributed by atoms with E-state index in [4.69, 9.17) is 31.7 Å². The van der Waals surface area contributed by atoms with Gasteiger partial charge in [0, 0.05) is 36.7 Å². The van der Waals surface area contributed by atoms with Crippen LogP contribution in [0.4, 0.5) is 0 Å². The first-order valence-corrected chi connectivity index (χ1v) is 13.7. The average molecular weight is 560 g/mol. The predicted octanol–water partition coefficient (Wildman–Crippen LogP) is 6.05. The molecule has 9 heteroatoms. The minimum absolute atomic E-state index is 0.0687. The number of hydrogen-bond donors (Lipinski definition) is 3. The Labute approximate surface area is 234 Å². The summed E-state index contributed by atoms with van der Waals surface area (Å²) < 4.78 is 6.62. The maximum absolute atomic E-state index is 10.5. The zero-order chi connectivity index (χ0) is 28.5. The van der Waals surface area contributed by atoms with Crippen molar-refractivity contribution in [1.29, 1.82) is 0 Å². The Morgan fingerprint density at radius 1 is 0.821 bits per heavy atom. The number of carbonyl (C=O) groups is 3. The Balaban J connectivity index is 0.000000580. The van der Waals surface area contributed by atoms with Gasteiger partial charge in [0.05, 0.1) is 6.10 Å². The van der Waals surface area contributed by atoms with E-state index in [9.17, 15) is 14.4 Å². The van der Waals surface area contributed by atoms with Gasteiger partial charge in [-0.05, 0) is 55.5 Å². The van der Waals surface area contributed by atoms with Gasteiger partial charge >= 0.3 is 17.9 Å². The molecule has 1 aliphatic heterocycles. The number of likely N-dealkylation sites (tertiary alicyclic amines) is 1. The van der Waals surface area contributed by atoms with E-state index in [0.29, 0.717) is 18.6 Å². The highest BCUT2D eigenvalue weighted by Gasteiger charge is 2.24. The van der Waals surface area contributed by atoms with Crippen LogP contribution in [0.5, 0.6) is 0 Å². The highest BCUT2D eigenvalue weighted by Crippen LogP contribution is 2.30. The van der Waals surface area contributed by atoms with E-state index in [-0.39, 0.29) is 12.2 Å². The quantitative estimate of drug-likeness (QED) is 0.189. The number of carboxylic acid groups (broad SMARTS) is 3. The Bertz CT molecular complexity index is 1020. The van der Waals surface area contributed by atoms with Crippen molar-refractivity contribution in [3.05, 3.63) is 82.9 Å². The summed E-state index contributed by atoms with van der Waals surface area (Å²) in [6, 6.07) is 18.4. The topological polar surface area (TPSA) is 124 Å². The molecule has 39 heavy (non-hydrogen) atoms. The lowest BCUT2D eigenvalue weighted by Gasteiger charge is -2.34. The number of aliphatic carboxylic acids is 3. The van der Waals surface area contributed by atoms with Crippen LogP contribution in [0.1, 0.15) is 68.6 Å². The van der Waals surface area contributed by atoms with Crippen molar-refractivity contribution in [1.82, 2.24) is 4.90 Å². The van der Waals surface area contributed by atoms with Crippen molar-refractivity contribution in [2.45, 2.75) is 63.6 Å². The van der Waals surface area contributed by atoms with E-state index in [1.165, 1.54) is 18.4 Å². The molecule has 0 bridgehead atoms. The average Bonchev–Trinajstić information content (AvgIpc) is 2.92. The van der Waals surface area contributed by atoms with Gasteiger partial charge in [0.25, 0.3) is 0 Å². The fourth-order valence-corrected chi connectivity index (χ4v) is 4.49. The van der Waals surface area contributed by atoms with Crippen molar-refractivity contribution in [3.63, 3.8) is 0 Å². The molecule has 1 heterocycles. The van der Waals surface area contributed by atoms with Gasteiger partial charge in [-0.3, -0.25) is 4.79 Å². The van der Waals surface area contributed by atoms with Gasteiger partial charge in [-0.25, -0.2) is 9.59 Å². The third-order valence-corrected chi connectivity index (χ3v) is 6.62. The number of benzene rings is 2. The van der Waals surface area contributed by atoms with E-state index in [1.807, 2.05) is 18.2 Å². The van der Waals surface area contributed by atoms with Crippen molar-refractivity contribution >= 4 is 29.5 Å². The molecule has 1 saturated heterocycles. The van der Waals surface area contributed by atoms with Crippen molar-refractivity contribution in [2.24, 2.45) is 0 Å². The number of piperidine rings is 1. The summed E-state index contributed by atoms with van der Waals surface area (Å²) in [6.07, 6.45) is 9.03. The van der Waals surface area contributed by atoms with Gasteiger partial charge in [0.1, 0.15) is 6.10 Å². The molecule has 1 aliphatic rings. The maximum Gasteiger partial charge on any atom is 0.328 e. The summed E-state index contributed by atoms with van der Waals surface area (Å²) in [7, 11) is 0. The minimum Gasteiger partial charge on any atom is -0.481 e. The highest BCUT2D eigenvalue weighted by atomic mass is 35.5. The van der Waals surface area contributed by atoms with Gasteiger partial charge in [-0.15, -0.1) is 0 Å². The largest absolute Gasteiger partial charge is 0.481 e. The summed E-state index contributed by atoms with van der Waals surface area (Å²) >= 11 is 6.09. The zero-order valence-corrected chi connectivity index (χ0v) is 22.8. The van der Waals surface area contributed by atoms with Crippen LogP contribution in [0.25, 0.3) is 0 Å². The first-order valence-electron chi connectivity index (χ1n) is 13.3. The summed E-state index contributed by atoms with van der Waals surface area (Å²) in [5.74, 6) is -3.20. The standard InChI is InChI=1S/C26H34ClNO3.C4H4O4/c27-23-14-12-22(13-15-23)26(21-9-5-4-6-10-21)31-24-16-19-28(20-17-24)18-8-3-1-2-7-11-25(29)30;5-3(6)1-2-4(7)8/h4-6,9-10,12-15,24,26H,1-3,7-8,11,16-20H2,(H,29,30);1-2H,(H,5,6)(H,7,8). The normalized spacial score (nSPS) is 14.9. The molecular weight excluding hydrogens is 522 g/mol. The SMILES string of the molecule is O=C(O)C=CC(=O)O.O=C(O)CCCCCCCN1CCC(OC(c2ccccc2)c2ccc(Cl)cc2)CC1. The number of unbranched alkanes of at least 4 members (excludes halogenated alkanes) is 4. The summed E-state index contributed by atoms with van der Waals surface area (Å²) in [4.78, 5) is 32.2. The first-order chi connectivity index (χ1) is 18.7. The van der Waals surface area contributed by atoms with Crippen molar-refractivity contribution < 1.29 is 34.4 Å². The Hall–Kier alpha value is -3.20. The van der Waals surface area contributed by atoms with Crippen LogP contribution in [0, 0.1) is 0 Å². The van der Waals surface area contributed by atoms with Gasteiger partial charge in [0.2, 0.25) is 0 Å². The van der Waals surface area contributed by atoms with E-state index < -0.39 is 17.9 Å². The van der Waals surface area contributed by atoms with Crippen LogP contribution in [-0.2, 0) is 19.1 Å². The second kappa shape index (κ2) is 18.2. The molecule has 0 amide bonds. The fourth-order valence-electron chi connectivity index (χ4n) is 4.36. The lowest BCUT2D eigenvalue weighted by molar-refractivity contribution is -0.137. The number of carboxylic acids is 3. The highest BCUT2D eigenvalue weighted by molar-refractivity contribution is 6.30. The van der Waals surface area contributed by atoms with Gasteiger partial charge in [-0.2, -0.15) is 0 Å². The smallest absolute Gasteiger partial charge is 0.328 e. The molecule has 3 rings (SSSR count). The van der Waals surface area contributed by atoms with Crippen molar-refractivity contribution in [2.75, 3.05) is 19.6 Å². The van der Waals surface area contributed by atoms with Gasteiger partial charge in [0.15, 0.2) is 0 Å².